The van der Waals surface area contributed by atoms with Gasteiger partial charge >= 0.3 is 0 Å². The number of likely N-dealkylation sites (tertiary alicyclic amines) is 1. The van der Waals surface area contributed by atoms with Crippen LogP contribution in [-0.4, -0.2) is 71.2 Å². The molecule has 1 fully saturated rings. The van der Waals surface area contributed by atoms with E-state index in [0.29, 0.717) is 43.5 Å². The average Bonchev–Trinajstić information content (AvgIpc) is 3.81. The molecule has 1 aliphatic rings. The molecule has 14 heteroatoms. The minimum Gasteiger partial charge on any atom is -0.471 e. The molecule has 0 spiro atoms. The number of carbonyl (C=O) groups excluding carboxylic acids is 1. The number of hydrogen-bond acceptors (Lipinski definition) is 10. The van der Waals surface area contributed by atoms with Crippen molar-refractivity contribution in [1.82, 2.24) is 39.6 Å². The Hall–Kier alpha value is -5.89. The van der Waals surface area contributed by atoms with E-state index in [1.54, 1.807) is 10.9 Å². The number of carbonyl (C=O) groups is 1. The Bertz CT molecular complexity index is 2090. The first-order valence-electron chi connectivity index (χ1n) is 16.0. The van der Waals surface area contributed by atoms with E-state index in [9.17, 15) is 9.18 Å². The fourth-order valence-corrected chi connectivity index (χ4v) is 5.85. The van der Waals surface area contributed by atoms with Crippen molar-refractivity contribution in [1.29, 1.82) is 0 Å². The van der Waals surface area contributed by atoms with Crippen LogP contribution >= 0.6 is 0 Å². The number of ether oxygens (including phenoxy) is 1. The van der Waals surface area contributed by atoms with E-state index >= 15 is 0 Å². The molecule has 2 aromatic carbocycles. The largest absolute Gasteiger partial charge is 0.471 e. The zero-order valence-electron chi connectivity index (χ0n) is 27.4. The molecule has 0 aliphatic carbocycles. The van der Waals surface area contributed by atoms with Crippen LogP contribution in [0.5, 0.6) is 5.88 Å². The number of aryl methyl sites for hydroxylation is 3. The van der Waals surface area contributed by atoms with Crippen LogP contribution in [0.15, 0.2) is 73.2 Å². The quantitative estimate of drug-likeness (QED) is 0.143. The molecule has 6 aromatic rings. The Balaban J connectivity index is 0.977. The summed E-state index contributed by atoms with van der Waals surface area (Å²) in [6, 6.07) is 17.5. The third kappa shape index (κ3) is 7.18. The van der Waals surface area contributed by atoms with Crippen molar-refractivity contribution in [2.45, 2.75) is 32.9 Å². The van der Waals surface area contributed by atoms with Crippen molar-refractivity contribution in [3.8, 4) is 17.1 Å². The minimum absolute atomic E-state index is 0.107. The van der Waals surface area contributed by atoms with E-state index in [0.717, 1.165) is 45.2 Å². The van der Waals surface area contributed by atoms with E-state index in [2.05, 4.69) is 41.0 Å². The Kier molecular flexibility index (Phi) is 8.85. The summed E-state index contributed by atoms with van der Waals surface area (Å²) in [7, 11) is 1.88. The van der Waals surface area contributed by atoms with E-state index in [1.165, 1.54) is 0 Å². The Morgan fingerprint density at radius 3 is 2.71 bits per heavy atom. The third-order valence-electron chi connectivity index (χ3n) is 8.45. The summed E-state index contributed by atoms with van der Waals surface area (Å²) >= 11 is 0. The van der Waals surface area contributed by atoms with Gasteiger partial charge in [-0.25, -0.2) is 15.0 Å². The topological polar surface area (TPSA) is 151 Å². The van der Waals surface area contributed by atoms with Crippen LogP contribution in [-0.2, 0) is 18.4 Å². The van der Waals surface area contributed by atoms with Crippen LogP contribution in [0.1, 0.15) is 23.2 Å². The van der Waals surface area contributed by atoms with E-state index in [4.69, 9.17) is 9.72 Å². The van der Waals surface area contributed by atoms with Gasteiger partial charge in [0.25, 0.3) is 5.88 Å². The van der Waals surface area contributed by atoms with Gasteiger partial charge in [-0.2, -0.15) is 14.5 Å². The molecule has 0 radical (unpaired) electrons. The summed E-state index contributed by atoms with van der Waals surface area (Å²) in [4.78, 5) is 36.0. The standard InChI is InChI=1S/C35H36FN11O2/c1-21-15-38-35(42-29-14-22(2)46(3)45-29)43-31(21)26-17-37-32-25(26)10-7-11-28(32)41-30(48)20-47-13-12-24(19-47)49-33-27(36)18-40-34(44-33)39-16-23-8-5-4-6-9-23/h4-11,14-15,17-18,24,37H,12-13,16,19-20H2,1-3H3,(H,41,48)(H,39,40,44)(H,38,42,43,45). The van der Waals surface area contributed by atoms with Gasteiger partial charge in [-0.05, 0) is 37.5 Å². The number of aromatic amines is 1. The molecule has 4 aromatic heterocycles. The van der Waals surface area contributed by atoms with Crippen LogP contribution in [0.3, 0.4) is 0 Å². The van der Waals surface area contributed by atoms with Gasteiger partial charge in [0.15, 0.2) is 5.82 Å². The predicted octanol–water partition coefficient (Wildman–Crippen LogP) is 5.35. The van der Waals surface area contributed by atoms with Gasteiger partial charge in [-0.1, -0.05) is 42.5 Å². The number of rotatable bonds is 11. The molecule has 4 N–H and O–H groups in total. The SMILES string of the molecule is Cc1cnc(Nc2cc(C)n(C)n2)nc1-c1c[nH]c2c(NC(=O)CN3CCC(Oc4nc(NCc5ccccc5)ncc4F)C3)cccc12. The number of aromatic nitrogens is 7. The van der Waals surface area contributed by atoms with Gasteiger partial charge in [0.2, 0.25) is 23.6 Å². The van der Waals surface area contributed by atoms with Gasteiger partial charge in [-0.15, -0.1) is 0 Å². The van der Waals surface area contributed by atoms with Crippen LogP contribution in [0.4, 0.5) is 27.8 Å². The lowest BCUT2D eigenvalue weighted by Crippen LogP contribution is -2.33. The first kappa shape index (κ1) is 31.7. The highest BCUT2D eigenvalue weighted by molar-refractivity contribution is 6.06. The van der Waals surface area contributed by atoms with E-state index < -0.39 is 5.82 Å². The molecule has 1 atom stereocenters. The second-order valence-electron chi connectivity index (χ2n) is 12.1. The number of halogens is 1. The lowest BCUT2D eigenvalue weighted by atomic mass is 10.1. The molecular formula is C35H36FN11O2. The lowest BCUT2D eigenvalue weighted by molar-refractivity contribution is -0.117. The van der Waals surface area contributed by atoms with Crippen molar-refractivity contribution in [3.05, 3.63) is 95.8 Å². The molecule has 0 bridgehead atoms. The summed E-state index contributed by atoms with van der Waals surface area (Å²) in [6.45, 7) is 5.68. The van der Waals surface area contributed by atoms with Gasteiger partial charge in [0, 0.05) is 61.8 Å². The molecule has 1 unspecified atom stereocenters. The van der Waals surface area contributed by atoms with E-state index in [-0.39, 0.29) is 30.4 Å². The molecule has 1 amide bonds. The smallest absolute Gasteiger partial charge is 0.255 e. The molecule has 0 saturated carbocycles. The van der Waals surface area contributed by atoms with Crippen molar-refractivity contribution in [3.63, 3.8) is 0 Å². The second kappa shape index (κ2) is 13.7. The predicted molar refractivity (Wildman–Crippen MR) is 185 cm³/mol. The number of anilines is 4. The molecule has 250 valence electrons. The van der Waals surface area contributed by atoms with Crippen LogP contribution in [0.25, 0.3) is 22.2 Å². The van der Waals surface area contributed by atoms with Gasteiger partial charge in [0.05, 0.1) is 29.6 Å². The number of nitrogens with one attached hydrogen (secondary N) is 4. The summed E-state index contributed by atoms with van der Waals surface area (Å²) in [5.74, 6) is 0.477. The Morgan fingerprint density at radius 2 is 1.90 bits per heavy atom. The summed E-state index contributed by atoms with van der Waals surface area (Å²) in [5.41, 5.74) is 6.08. The Morgan fingerprint density at radius 1 is 1.06 bits per heavy atom. The highest BCUT2D eigenvalue weighted by Crippen LogP contribution is 2.33. The first-order chi connectivity index (χ1) is 23.8. The molecule has 13 nitrogen and oxygen atoms in total. The number of benzene rings is 2. The van der Waals surface area contributed by atoms with Crippen molar-refractivity contribution >= 4 is 40.2 Å². The second-order valence-corrected chi connectivity index (χ2v) is 12.1. The normalized spacial score (nSPS) is 14.7. The molecule has 7 rings (SSSR count). The number of fused-ring (bicyclic) bond motifs is 1. The maximum Gasteiger partial charge on any atom is 0.255 e. The molecule has 1 saturated heterocycles. The fraction of sp³-hybridized carbons (Fsp3) is 0.257. The van der Waals surface area contributed by atoms with Crippen LogP contribution in [0, 0.1) is 19.7 Å². The van der Waals surface area contributed by atoms with Crippen molar-refractivity contribution in [2.24, 2.45) is 7.05 Å². The number of para-hydroxylation sites is 1. The number of hydrogen-bond donors (Lipinski definition) is 4. The van der Waals surface area contributed by atoms with Gasteiger partial charge in [-0.3, -0.25) is 14.4 Å². The first-order valence-corrected chi connectivity index (χ1v) is 16.0. The lowest BCUT2D eigenvalue weighted by Gasteiger charge is -2.17. The molecule has 49 heavy (non-hydrogen) atoms. The van der Waals surface area contributed by atoms with Crippen molar-refractivity contribution < 1.29 is 13.9 Å². The highest BCUT2D eigenvalue weighted by atomic mass is 19.1. The summed E-state index contributed by atoms with van der Waals surface area (Å²) < 4.78 is 22.3. The van der Waals surface area contributed by atoms with Crippen LogP contribution in [0.2, 0.25) is 0 Å². The number of nitrogens with zero attached hydrogens (tertiary/aromatic N) is 7. The maximum atomic E-state index is 14.5. The minimum atomic E-state index is -0.632. The zero-order valence-corrected chi connectivity index (χ0v) is 27.4. The monoisotopic (exact) mass is 661 g/mol. The zero-order chi connectivity index (χ0) is 33.9. The third-order valence-corrected chi connectivity index (χ3v) is 8.45. The average molecular weight is 662 g/mol. The summed E-state index contributed by atoms with van der Waals surface area (Å²) in [6.07, 6.45) is 5.09. The molecule has 5 heterocycles. The van der Waals surface area contributed by atoms with Gasteiger partial charge < -0.3 is 25.7 Å². The maximum absolute atomic E-state index is 14.5. The Labute approximate surface area is 282 Å². The molecule has 1 aliphatic heterocycles. The summed E-state index contributed by atoms with van der Waals surface area (Å²) in [5, 5.41) is 14.7. The van der Waals surface area contributed by atoms with Crippen molar-refractivity contribution in [2.75, 3.05) is 35.6 Å². The highest BCUT2D eigenvalue weighted by Gasteiger charge is 2.27. The van der Waals surface area contributed by atoms with E-state index in [1.807, 2.05) is 86.6 Å². The fourth-order valence-electron chi connectivity index (χ4n) is 5.85. The number of H-pyrrole nitrogens is 1. The van der Waals surface area contributed by atoms with Crippen LogP contribution < -0.4 is 20.7 Å². The molecular weight excluding hydrogens is 625 g/mol. The van der Waals surface area contributed by atoms with Gasteiger partial charge in [0.1, 0.15) is 6.10 Å². The number of amides is 1.